The third kappa shape index (κ3) is 5.31. The van der Waals surface area contributed by atoms with Crippen LogP contribution >= 0.6 is 15.9 Å². The van der Waals surface area contributed by atoms with Crippen molar-refractivity contribution in [1.82, 2.24) is 5.32 Å². The number of benzene rings is 1. The minimum absolute atomic E-state index is 0.0288. The van der Waals surface area contributed by atoms with Crippen LogP contribution in [0.1, 0.15) is 36.0 Å². The average molecular weight is 284 g/mol. The minimum Gasteiger partial charge on any atom is -0.352 e. The first kappa shape index (κ1) is 13.2. The van der Waals surface area contributed by atoms with Gasteiger partial charge in [-0.05, 0) is 25.0 Å². The second-order valence-corrected chi connectivity index (χ2v) is 4.52. The Hall–Kier alpha value is -0.830. The van der Waals surface area contributed by atoms with Gasteiger partial charge in [-0.1, -0.05) is 47.0 Å². The van der Waals surface area contributed by atoms with Gasteiger partial charge in [0, 0.05) is 17.4 Å². The smallest absolute Gasteiger partial charge is 0.251 e. The zero-order chi connectivity index (χ0) is 11.6. The maximum absolute atomic E-state index is 11.6. The van der Waals surface area contributed by atoms with Gasteiger partial charge >= 0.3 is 0 Å². The van der Waals surface area contributed by atoms with Crippen LogP contribution in [0.25, 0.3) is 0 Å². The quantitative estimate of drug-likeness (QED) is 0.603. The van der Waals surface area contributed by atoms with Gasteiger partial charge in [0.15, 0.2) is 0 Å². The Kier molecular flexibility index (Phi) is 6.90. The summed E-state index contributed by atoms with van der Waals surface area (Å²) in [4.78, 5) is 11.6. The summed E-state index contributed by atoms with van der Waals surface area (Å²) in [7, 11) is 0. The fourth-order valence-electron chi connectivity index (χ4n) is 1.47. The summed E-state index contributed by atoms with van der Waals surface area (Å²) in [6, 6.07) is 9.34. The van der Waals surface area contributed by atoms with Crippen molar-refractivity contribution in [2.75, 3.05) is 11.9 Å². The molecule has 0 aliphatic carbocycles. The summed E-state index contributed by atoms with van der Waals surface area (Å²) in [5.41, 5.74) is 0.739. The summed E-state index contributed by atoms with van der Waals surface area (Å²) < 4.78 is 0. The van der Waals surface area contributed by atoms with Crippen LogP contribution < -0.4 is 5.32 Å². The van der Waals surface area contributed by atoms with Gasteiger partial charge in [-0.15, -0.1) is 0 Å². The molecule has 0 atom stereocenters. The molecule has 1 aromatic carbocycles. The molecule has 0 aliphatic heterocycles. The molecule has 1 amide bonds. The lowest BCUT2D eigenvalue weighted by atomic mass is 10.2. The van der Waals surface area contributed by atoms with Crippen molar-refractivity contribution in [1.29, 1.82) is 0 Å². The summed E-state index contributed by atoms with van der Waals surface area (Å²) in [6.45, 7) is 0.774. The summed E-state index contributed by atoms with van der Waals surface area (Å²) in [5.74, 6) is 0.0288. The number of hydrogen-bond donors (Lipinski definition) is 1. The number of carbonyl (C=O) groups excluding carboxylic acids is 1. The van der Waals surface area contributed by atoms with E-state index >= 15 is 0 Å². The Labute approximate surface area is 106 Å². The summed E-state index contributed by atoms with van der Waals surface area (Å²) in [6.07, 6.45) is 4.69. The van der Waals surface area contributed by atoms with Crippen molar-refractivity contribution in [3.05, 3.63) is 35.9 Å². The molecule has 0 aromatic heterocycles. The molecule has 16 heavy (non-hydrogen) atoms. The minimum atomic E-state index is 0.0288. The van der Waals surface area contributed by atoms with E-state index in [4.69, 9.17) is 0 Å². The number of carbonyl (C=O) groups is 1. The van der Waals surface area contributed by atoms with Gasteiger partial charge < -0.3 is 5.32 Å². The first-order valence-electron chi connectivity index (χ1n) is 5.74. The second kappa shape index (κ2) is 8.34. The van der Waals surface area contributed by atoms with E-state index in [1.54, 1.807) is 0 Å². The number of unbranched alkanes of at least 4 members (excludes halogenated alkanes) is 3. The fourth-order valence-corrected chi connectivity index (χ4v) is 1.86. The molecule has 2 nitrogen and oxygen atoms in total. The largest absolute Gasteiger partial charge is 0.352 e. The number of halogens is 1. The molecule has 1 rings (SSSR count). The van der Waals surface area contributed by atoms with Gasteiger partial charge in [0.25, 0.3) is 5.91 Å². The van der Waals surface area contributed by atoms with Crippen LogP contribution in [0.3, 0.4) is 0 Å². The Bertz CT molecular complexity index is 300. The maximum atomic E-state index is 11.6. The van der Waals surface area contributed by atoms with Crippen LogP contribution in [0, 0.1) is 0 Å². The molecule has 0 unspecified atom stereocenters. The zero-order valence-electron chi connectivity index (χ0n) is 9.42. The van der Waals surface area contributed by atoms with Crippen LogP contribution in [0.2, 0.25) is 0 Å². The molecule has 88 valence electrons. The molecular formula is C13H18BrNO. The van der Waals surface area contributed by atoms with E-state index in [1.807, 2.05) is 30.3 Å². The third-order valence-corrected chi connectivity index (χ3v) is 2.94. The SMILES string of the molecule is O=C(NCCCCCCBr)c1ccccc1. The molecule has 0 fully saturated rings. The standard InChI is InChI=1S/C13H18BrNO/c14-10-6-1-2-7-11-15-13(16)12-8-4-3-5-9-12/h3-5,8-9H,1-2,6-7,10-11H2,(H,15,16). The van der Waals surface area contributed by atoms with Gasteiger partial charge in [-0.3, -0.25) is 4.79 Å². The van der Waals surface area contributed by atoms with E-state index < -0.39 is 0 Å². The van der Waals surface area contributed by atoms with Crippen molar-refractivity contribution in [3.8, 4) is 0 Å². The molecule has 0 spiro atoms. The number of hydrogen-bond acceptors (Lipinski definition) is 1. The predicted molar refractivity (Wildman–Crippen MR) is 71.0 cm³/mol. The fraction of sp³-hybridized carbons (Fsp3) is 0.462. The second-order valence-electron chi connectivity index (χ2n) is 3.73. The Morgan fingerprint density at radius 2 is 1.75 bits per heavy atom. The van der Waals surface area contributed by atoms with Crippen LogP contribution in [-0.2, 0) is 0 Å². The van der Waals surface area contributed by atoms with E-state index in [2.05, 4.69) is 21.2 Å². The molecule has 3 heteroatoms. The van der Waals surface area contributed by atoms with Crippen molar-refractivity contribution >= 4 is 21.8 Å². The van der Waals surface area contributed by atoms with Crippen LogP contribution in [0.5, 0.6) is 0 Å². The zero-order valence-corrected chi connectivity index (χ0v) is 11.0. The van der Waals surface area contributed by atoms with Gasteiger partial charge in [0.1, 0.15) is 0 Å². The molecule has 0 radical (unpaired) electrons. The van der Waals surface area contributed by atoms with Crippen molar-refractivity contribution in [2.24, 2.45) is 0 Å². The van der Waals surface area contributed by atoms with Gasteiger partial charge in [0.2, 0.25) is 0 Å². The van der Waals surface area contributed by atoms with Gasteiger partial charge in [-0.25, -0.2) is 0 Å². The van der Waals surface area contributed by atoms with Gasteiger partial charge in [0.05, 0.1) is 0 Å². The van der Waals surface area contributed by atoms with E-state index in [1.165, 1.54) is 19.3 Å². The van der Waals surface area contributed by atoms with Crippen molar-refractivity contribution < 1.29 is 4.79 Å². The molecule has 0 aliphatic rings. The average Bonchev–Trinajstić information content (AvgIpc) is 2.34. The summed E-state index contributed by atoms with van der Waals surface area (Å²) >= 11 is 3.40. The normalized spacial score (nSPS) is 10.1. The topological polar surface area (TPSA) is 29.1 Å². The van der Waals surface area contributed by atoms with Crippen LogP contribution in [0.4, 0.5) is 0 Å². The lowest BCUT2D eigenvalue weighted by Gasteiger charge is -2.04. The van der Waals surface area contributed by atoms with E-state index in [0.29, 0.717) is 0 Å². The van der Waals surface area contributed by atoms with E-state index in [9.17, 15) is 4.79 Å². The molecule has 0 heterocycles. The molecule has 1 N–H and O–H groups in total. The first-order valence-corrected chi connectivity index (χ1v) is 6.86. The van der Waals surface area contributed by atoms with Crippen LogP contribution in [-0.4, -0.2) is 17.8 Å². The Balaban J connectivity index is 2.12. The highest BCUT2D eigenvalue weighted by Gasteiger charge is 2.02. The van der Waals surface area contributed by atoms with Crippen molar-refractivity contribution in [2.45, 2.75) is 25.7 Å². The Morgan fingerprint density at radius 1 is 1.06 bits per heavy atom. The van der Waals surface area contributed by atoms with E-state index in [0.717, 1.165) is 23.9 Å². The van der Waals surface area contributed by atoms with E-state index in [-0.39, 0.29) is 5.91 Å². The molecule has 1 aromatic rings. The highest BCUT2D eigenvalue weighted by molar-refractivity contribution is 9.09. The maximum Gasteiger partial charge on any atom is 0.251 e. The number of amides is 1. The molecule has 0 bridgehead atoms. The monoisotopic (exact) mass is 283 g/mol. The highest BCUT2D eigenvalue weighted by atomic mass is 79.9. The molecular weight excluding hydrogens is 266 g/mol. The third-order valence-electron chi connectivity index (χ3n) is 2.38. The lowest BCUT2D eigenvalue weighted by Crippen LogP contribution is -2.24. The molecule has 0 saturated heterocycles. The highest BCUT2D eigenvalue weighted by Crippen LogP contribution is 2.02. The number of alkyl halides is 1. The summed E-state index contributed by atoms with van der Waals surface area (Å²) in [5, 5.41) is 4.00. The number of nitrogens with one attached hydrogen (secondary N) is 1. The van der Waals surface area contributed by atoms with Gasteiger partial charge in [-0.2, -0.15) is 0 Å². The molecule has 0 saturated carbocycles. The number of rotatable bonds is 7. The predicted octanol–water partition coefficient (Wildman–Crippen LogP) is 3.37. The Morgan fingerprint density at radius 3 is 2.44 bits per heavy atom. The lowest BCUT2D eigenvalue weighted by molar-refractivity contribution is 0.0953. The van der Waals surface area contributed by atoms with Crippen molar-refractivity contribution in [3.63, 3.8) is 0 Å². The first-order chi connectivity index (χ1) is 7.84. The van der Waals surface area contributed by atoms with Crippen LogP contribution in [0.15, 0.2) is 30.3 Å².